The summed E-state index contributed by atoms with van der Waals surface area (Å²) in [5.41, 5.74) is 0.851. The van der Waals surface area contributed by atoms with Gasteiger partial charge in [-0.3, -0.25) is 4.79 Å². The van der Waals surface area contributed by atoms with Gasteiger partial charge in [0.15, 0.2) is 6.04 Å². The lowest BCUT2D eigenvalue weighted by Gasteiger charge is -2.34. The Balaban J connectivity index is 1.73. The molecule has 4 rings (SSSR count). The van der Waals surface area contributed by atoms with Crippen molar-refractivity contribution >= 4 is 11.7 Å². The molecule has 1 N–H and O–H groups in total. The van der Waals surface area contributed by atoms with Crippen LogP contribution in [0.15, 0.2) is 30.5 Å². The topological polar surface area (TPSA) is 59.4 Å². The number of rotatable bonds is 3. The molecule has 2 aliphatic rings. The highest BCUT2D eigenvalue weighted by Gasteiger charge is 2.47. The van der Waals surface area contributed by atoms with Crippen molar-refractivity contribution in [1.82, 2.24) is 14.7 Å². The number of nitrogens with zero attached hydrogens (tertiary/aromatic N) is 3. The summed E-state index contributed by atoms with van der Waals surface area (Å²) in [7, 11) is 1.51. The lowest BCUT2D eigenvalue weighted by molar-refractivity contribution is -0.173. The molecule has 2 atom stereocenters. The van der Waals surface area contributed by atoms with Crippen LogP contribution in [0.5, 0.6) is 5.75 Å². The Labute approximate surface area is 160 Å². The van der Waals surface area contributed by atoms with Crippen LogP contribution in [0.1, 0.15) is 47.3 Å². The van der Waals surface area contributed by atoms with Crippen molar-refractivity contribution in [1.29, 1.82) is 0 Å². The first kappa shape index (κ1) is 18.6. The van der Waals surface area contributed by atoms with E-state index in [1.54, 1.807) is 29.2 Å². The fourth-order valence-electron chi connectivity index (χ4n) is 3.89. The standard InChI is InChI=1S/C19H21F3N4O2/c1-28-13-6-4-5-12(9-13)15-10-16(19(20,21)22)26-17(24-15)14(11-23-26)18(27)25-7-2-3-8-25/h4-6,9,11,15-16,24H,2-3,7-8,10H2,1H3/t15-,16-/m1/s1. The zero-order valence-electron chi connectivity index (χ0n) is 15.4. The second-order valence-corrected chi connectivity index (χ2v) is 7.12. The molecule has 1 aromatic carbocycles. The third kappa shape index (κ3) is 3.29. The number of ether oxygens (including phenoxy) is 1. The van der Waals surface area contributed by atoms with E-state index in [2.05, 4.69) is 10.4 Å². The van der Waals surface area contributed by atoms with Crippen molar-refractivity contribution in [2.24, 2.45) is 0 Å². The second-order valence-electron chi connectivity index (χ2n) is 7.12. The van der Waals surface area contributed by atoms with Crippen molar-refractivity contribution in [3.8, 4) is 5.75 Å². The Kier molecular flexibility index (Phi) is 4.68. The molecule has 0 aliphatic carbocycles. The van der Waals surface area contributed by atoms with Gasteiger partial charge in [0.1, 0.15) is 17.1 Å². The monoisotopic (exact) mass is 394 g/mol. The number of amides is 1. The van der Waals surface area contributed by atoms with Gasteiger partial charge in [0.2, 0.25) is 0 Å². The Bertz CT molecular complexity index is 874. The van der Waals surface area contributed by atoms with E-state index >= 15 is 0 Å². The number of benzene rings is 1. The fraction of sp³-hybridized carbons (Fsp3) is 0.474. The van der Waals surface area contributed by atoms with E-state index < -0.39 is 18.3 Å². The Morgan fingerprint density at radius 3 is 2.71 bits per heavy atom. The highest BCUT2D eigenvalue weighted by molar-refractivity contribution is 5.99. The number of aromatic nitrogens is 2. The molecule has 3 heterocycles. The molecule has 0 unspecified atom stereocenters. The third-order valence-corrected chi connectivity index (χ3v) is 5.36. The van der Waals surface area contributed by atoms with Gasteiger partial charge in [-0.1, -0.05) is 12.1 Å². The number of alkyl halides is 3. The van der Waals surface area contributed by atoms with E-state index in [1.165, 1.54) is 13.3 Å². The number of hydrogen-bond donors (Lipinski definition) is 1. The molecule has 1 amide bonds. The average Bonchev–Trinajstić information content (AvgIpc) is 3.36. The Morgan fingerprint density at radius 2 is 2.04 bits per heavy atom. The summed E-state index contributed by atoms with van der Waals surface area (Å²) in [6, 6.07) is 4.51. The lowest BCUT2D eigenvalue weighted by Crippen LogP contribution is -2.36. The van der Waals surface area contributed by atoms with E-state index in [0.717, 1.165) is 17.5 Å². The SMILES string of the molecule is COc1cccc([C@H]2C[C@H](C(F)(F)F)n3ncc(C(=O)N4CCCC4)c3N2)c1. The van der Waals surface area contributed by atoms with Crippen LogP contribution in [0.4, 0.5) is 19.0 Å². The number of carbonyl (C=O) groups is 1. The highest BCUT2D eigenvalue weighted by atomic mass is 19.4. The van der Waals surface area contributed by atoms with Crippen LogP contribution in [-0.4, -0.2) is 47.0 Å². The number of methoxy groups -OCH3 is 1. The number of fused-ring (bicyclic) bond motifs is 1. The average molecular weight is 394 g/mol. The number of halogens is 3. The maximum atomic E-state index is 13.8. The molecular weight excluding hydrogens is 373 g/mol. The molecule has 0 radical (unpaired) electrons. The minimum Gasteiger partial charge on any atom is -0.497 e. The smallest absolute Gasteiger partial charge is 0.410 e. The van der Waals surface area contributed by atoms with Gasteiger partial charge in [0, 0.05) is 19.5 Å². The fourth-order valence-corrected chi connectivity index (χ4v) is 3.89. The molecule has 28 heavy (non-hydrogen) atoms. The van der Waals surface area contributed by atoms with Crippen molar-refractivity contribution < 1.29 is 22.7 Å². The van der Waals surface area contributed by atoms with E-state index in [4.69, 9.17) is 4.74 Å². The van der Waals surface area contributed by atoms with Crippen LogP contribution in [0, 0.1) is 0 Å². The largest absolute Gasteiger partial charge is 0.497 e. The summed E-state index contributed by atoms with van der Waals surface area (Å²) in [5.74, 6) is 0.409. The molecule has 2 aliphatic heterocycles. The predicted molar refractivity (Wildman–Crippen MR) is 96.4 cm³/mol. The lowest BCUT2D eigenvalue weighted by atomic mass is 9.96. The van der Waals surface area contributed by atoms with Crippen LogP contribution in [0.3, 0.4) is 0 Å². The van der Waals surface area contributed by atoms with Crippen LogP contribution in [-0.2, 0) is 0 Å². The van der Waals surface area contributed by atoms with Gasteiger partial charge in [-0.25, -0.2) is 4.68 Å². The van der Waals surface area contributed by atoms with Crippen LogP contribution in [0.25, 0.3) is 0 Å². The molecule has 1 aromatic heterocycles. The molecular formula is C19H21F3N4O2. The quantitative estimate of drug-likeness (QED) is 0.861. The molecule has 2 aromatic rings. The number of carbonyl (C=O) groups excluding carboxylic acids is 1. The maximum absolute atomic E-state index is 13.8. The number of hydrogen-bond acceptors (Lipinski definition) is 4. The predicted octanol–water partition coefficient (Wildman–Crippen LogP) is 3.79. The first-order valence-electron chi connectivity index (χ1n) is 9.22. The summed E-state index contributed by atoms with van der Waals surface area (Å²) in [4.78, 5) is 14.5. The molecule has 0 spiro atoms. The van der Waals surface area contributed by atoms with Crippen molar-refractivity contribution in [2.45, 2.75) is 37.5 Å². The molecule has 0 bridgehead atoms. The van der Waals surface area contributed by atoms with E-state index in [-0.39, 0.29) is 23.7 Å². The molecule has 0 saturated carbocycles. The summed E-state index contributed by atoms with van der Waals surface area (Å²) < 4.78 is 47.4. The van der Waals surface area contributed by atoms with Gasteiger partial charge >= 0.3 is 6.18 Å². The van der Waals surface area contributed by atoms with Crippen molar-refractivity contribution in [2.75, 3.05) is 25.5 Å². The molecule has 9 heteroatoms. The van der Waals surface area contributed by atoms with Crippen molar-refractivity contribution in [3.05, 3.63) is 41.6 Å². The Hall–Kier alpha value is -2.71. The molecule has 1 fully saturated rings. The normalized spacial score (nSPS) is 21.9. The molecule has 6 nitrogen and oxygen atoms in total. The Morgan fingerprint density at radius 1 is 1.29 bits per heavy atom. The third-order valence-electron chi connectivity index (χ3n) is 5.36. The number of likely N-dealkylation sites (tertiary alicyclic amines) is 1. The van der Waals surface area contributed by atoms with E-state index in [1.807, 2.05) is 0 Å². The highest BCUT2D eigenvalue weighted by Crippen LogP contribution is 2.44. The minimum atomic E-state index is -4.48. The summed E-state index contributed by atoms with van der Waals surface area (Å²) in [5, 5.41) is 7.04. The maximum Gasteiger partial charge on any atom is 0.410 e. The minimum absolute atomic E-state index is 0.123. The van der Waals surface area contributed by atoms with Crippen molar-refractivity contribution in [3.63, 3.8) is 0 Å². The summed E-state index contributed by atoms with van der Waals surface area (Å²) in [6.07, 6.45) is -1.65. The van der Waals surface area contributed by atoms with Gasteiger partial charge in [-0.15, -0.1) is 0 Å². The van der Waals surface area contributed by atoms with Gasteiger partial charge in [-0.05, 0) is 30.5 Å². The zero-order chi connectivity index (χ0) is 19.9. The molecule has 150 valence electrons. The van der Waals surface area contributed by atoms with Gasteiger partial charge in [-0.2, -0.15) is 18.3 Å². The second kappa shape index (κ2) is 7.03. The van der Waals surface area contributed by atoms with E-state index in [9.17, 15) is 18.0 Å². The number of anilines is 1. The van der Waals surface area contributed by atoms with Crippen LogP contribution < -0.4 is 10.1 Å². The first-order valence-corrected chi connectivity index (χ1v) is 9.22. The summed E-state index contributed by atoms with van der Waals surface area (Å²) >= 11 is 0. The zero-order valence-corrected chi connectivity index (χ0v) is 15.4. The van der Waals surface area contributed by atoms with Crippen LogP contribution in [0.2, 0.25) is 0 Å². The van der Waals surface area contributed by atoms with E-state index in [0.29, 0.717) is 24.4 Å². The number of nitrogens with one attached hydrogen (secondary N) is 1. The molecule has 1 saturated heterocycles. The van der Waals surface area contributed by atoms with Gasteiger partial charge in [0.25, 0.3) is 5.91 Å². The van der Waals surface area contributed by atoms with Crippen LogP contribution >= 0.6 is 0 Å². The summed E-state index contributed by atoms with van der Waals surface area (Å²) in [6.45, 7) is 1.23. The van der Waals surface area contributed by atoms with Gasteiger partial charge in [0.05, 0.1) is 19.3 Å². The first-order chi connectivity index (χ1) is 13.4. The van der Waals surface area contributed by atoms with Gasteiger partial charge < -0.3 is 15.0 Å².